The summed E-state index contributed by atoms with van der Waals surface area (Å²) >= 11 is 6.06. The number of urea groups is 1. The van der Waals surface area contributed by atoms with Gasteiger partial charge in [0.2, 0.25) is 0 Å². The van der Waals surface area contributed by atoms with E-state index in [4.69, 9.17) is 11.6 Å². The fraction of sp³-hybridized carbons (Fsp3) is 0.250. The summed E-state index contributed by atoms with van der Waals surface area (Å²) in [7, 11) is 0. The van der Waals surface area contributed by atoms with Gasteiger partial charge in [-0.05, 0) is 49.2 Å². The first kappa shape index (κ1) is 23.5. The molecule has 1 heterocycles. The van der Waals surface area contributed by atoms with E-state index < -0.39 is 18.2 Å². The lowest BCUT2D eigenvalue weighted by Crippen LogP contribution is -2.53. The van der Waals surface area contributed by atoms with Crippen LogP contribution in [0.15, 0.2) is 72.9 Å². The minimum absolute atomic E-state index is 0.0185. The number of benzene rings is 2. The Hall–Kier alpha value is -3.19. The monoisotopic (exact) mass is 459 g/mol. The number of ether oxygens (including phenoxy) is 1. The van der Waals surface area contributed by atoms with Crippen molar-refractivity contribution in [3.63, 3.8) is 0 Å². The Kier molecular flexibility index (Phi) is 7.64. The Morgan fingerprint density at radius 3 is 2.47 bits per heavy atom. The summed E-state index contributed by atoms with van der Waals surface area (Å²) in [6, 6.07) is 18.6. The molecular formula is C24H24ClF2N3O2. The average molecular weight is 460 g/mol. The molecule has 1 atom stereocenters. The first-order valence-corrected chi connectivity index (χ1v) is 10.5. The summed E-state index contributed by atoms with van der Waals surface area (Å²) < 4.78 is 30.4. The topological polar surface area (TPSA) is 63.2 Å². The van der Waals surface area contributed by atoms with Gasteiger partial charge >= 0.3 is 12.6 Å². The Bertz CT molecular complexity index is 1030. The molecule has 168 valence electrons. The van der Waals surface area contributed by atoms with Crippen LogP contribution in [-0.4, -0.2) is 23.7 Å². The third-order valence-corrected chi connectivity index (χ3v) is 5.00. The lowest BCUT2D eigenvalue weighted by molar-refractivity contribution is -0.0499. The van der Waals surface area contributed by atoms with Crippen molar-refractivity contribution < 1.29 is 18.3 Å². The number of hydrogen-bond acceptors (Lipinski definition) is 3. The highest BCUT2D eigenvalue weighted by Crippen LogP contribution is 2.35. The molecule has 3 aromatic rings. The number of rotatable bonds is 8. The Labute approximate surface area is 190 Å². The lowest BCUT2D eigenvalue weighted by Gasteiger charge is -2.36. The summed E-state index contributed by atoms with van der Waals surface area (Å²) in [6.07, 6.45) is 1.80. The highest BCUT2D eigenvalue weighted by Gasteiger charge is 2.38. The molecular weight excluding hydrogens is 436 g/mol. The molecule has 3 rings (SSSR count). The van der Waals surface area contributed by atoms with Gasteiger partial charge in [-0.15, -0.1) is 0 Å². The SMILES string of the molecule is CC(C)NC(=O)N[C@](Cc1ccccc1)(c1cccc(OC(F)F)c1)c1ccc(Cl)cn1. The molecule has 5 nitrogen and oxygen atoms in total. The van der Waals surface area contributed by atoms with E-state index in [1.165, 1.54) is 18.3 Å². The standard InChI is InChI=1S/C24H24ClF2N3O2/c1-16(2)29-23(31)30-24(14-17-7-4-3-5-8-17,21-12-11-19(25)15-28-21)18-9-6-10-20(13-18)32-22(26)27/h3-13,15-16,22H,14H2,1-2H3,(H2,29,30,31)/t24-/m1/s1. The van der Waals surface area contributed by atoms with Gasteiger partial charge in [0.1, 0.15) is 11.3 Å². The molecule has 0 saturated carbocycles. The zero-order valence-corrected chi connectivity index (χ0v) is 18.4. The molecule has 0 aliphatic carbocycles. The van der Waals surface area contributed by atoms with Crippen LogP contribution in [0.4, 0.5) is 13.6 Å². The Balaban J connectivity index is 2.19. The normalized spacial score (nSPS) is 13.0. The van der Waals surface area contributed by atoms with Crippen LogP contribution in [0.1, 0.15) is 30.7 Å². The molecule has 0 radical (unpaired) electrons. The van der Waals surface area contributed by atoms with Crippen molar-refractivity contribution in [3.05, 3.63) is 94.8 Å². The van der Waals surface area contributed by atoms with Gasteiger partial charge in [0.15, 0.2) is 0 Å². The zero-order valence-electron chi connectivity index (χ0n) is 17.7. The Morgan fingerprint density at radius 2 is 1.84 bits per heavy atom. The van der Waals surface area contributed by atoms with Crippen LogP contribution in [0.25, 0.3) is 0 Å². The molecule has 2 aromatic carbocycles. The largest absolute Gasteiger partial charge is 0.435 e. The van der Waals surface area contributed by atoms with Crippen molar-refractivity contribution in [1.29, 1.82) is 0 Å². The average Bonchev–Trinajstić information content (AvgIpc) is 2.73. The number of amides is 2. The minimum Gasteiger partial charge on any atom is -0.435 e. The maximum absolute atomic E-state index is 12.9. The predicted octanol–water partition coefficient (Wildman–Crippen LogP) is 5.53. The third-order valence-electron chi connectivity index (χ3n) is 4.78. The molecule has 0 unspecified atom stereocenters. The van der Waals surface area contributed by atoms with E-state index in [1.54, 1.807) is 24.3 Å². The second-order valence-electron chi connectivity index (χ2n) is 7.59. The summed E-state index contributed by atoms with van der Waals surface area (Å²) in [5.74, 6) is -0.0185. The molecule has 0 aliphatic rings. The molecule has 2 N–H and O–H groups in total. The van der Waals surface area contributed by atoms with Gasteiger partial charge in [0.25, 0.3) is 0 Å². The summed E-state index contributed by atoms with van der Waals surface area (Å²) in [4.78, 5) is 17.4. The van der Waals surface area contributed by atoms with E-state index in [9.17, 15) is 13.6 Å². The summed E-state index contributed by atoms with van der Waals surface area (Å²) in [6.45, 7) is 0.714. The van der Waals surface area contributed by atoms with Gasteiger partial charge in [-0.3, -0.25) is 4.98 Å². The van der Waals surface area contributed by atoms with Crippen LogP contribution in [0.2, 0.25) is 5.02 Å². The van der Waals surface area contributed by atoms with E-state index in [2.05, 4.69) is 20.4 Å². The van der Waals surface area contributed by atoms with Crippen molar-refractivity contribution in [2.45, 2.75) is 38.5 Å². The maximum atomic E-state index is 12.9. The summed E-state index contributed by atoms with van der Waals surface area (Å²) in [5.41, 5.74) is 0.758. The van der Waals surface area contributed by atoms with Gasteiger partial charge in [-0.1, -0.05) is 54.1 Å². The van der Waals surface area contributed by atoms with Crippen molar-refractivity contribution in [1.82, 2.24) is 15.6 Å². The van der Waals surface area contributed by atoms with Gasteiger partial charge in [-0.25, -0.2) is 4.79 Å². The van der Waals surface area contributed by atoms with Crippen molar-refractivity contribution in [2.75, 3.05) is 0 Å². The molecule has 1 aromatic heterocycles. The van der Waals surface area contributed by atoms with Crippen LogP contribution < -0.4 is 15.4 Å². The third kappa shape index (κ3) is 5.95. The van der Waals surface area contributed by atoms with E-state index in [0.717, 1.165) is 5.56 Å². The number of carbonyl (C=O) groups is 1. The van der Waals surface area contributed by atoms with Gasteiger partial charge in [0, 0.05) is 18.7 Å². The van der Waals surface area contributed by atoms with Gasteiger partial charge in [0.05, 0.1) is 10.7 Å². The number of carbonyl (C=O) groups excluding carboxylic acids is 1. The van der Waals surface area contributed by atoms with E-state index in [-0.39, 0.29) is 11.8 Å². The molecule has 0 aliphatic heterocycles. The number of alkyl halides is 2. The maximum Gasteiger partial charge on any atom is 0.387 e. The number of nitrogens with zero attached hydrogens (tertiary/aromatic N) is 1. The number of nitrogens with one attached hydrogen (secondary N) is 2. The highest BCUT2D eigenvalue weighted by atomic mass is 35.5. The quantitative estimate of drug-likeness (QED) is 0.465. The fourth-order valence-electron chi connectivity index (χ4n) is 3.48. The van der Waals surface area contributed by atoms with E-state index >= 15 is 0 Å². The summed E-state index contributed by atoms with van der Waals surface area (Å²) in [5, 5.41) is 6.30. The number of halogens is 3. The molecule has 0 bridgehead atoms. The van der Waals surface area contributed by atoms with Crippen LogP contribution in [0.3, 0.4) is 0 Å². The van der Waals surface area contributed by atoms with E-state index in [0.29, 0.717) is 22.7 Å². The number of hydrogen-bond donors (Lipinski definition) is 2. The lowest BCUT2D eigenvalue weighted by atomic mass is 9.80. The first-order valence-electron chi connectivity index (χ1n) is 10.1. The van der Waals surface area contributed by atoms with Gasteiger partial charge < -0.3 is 15.4 Å². The molecule has 0 spiro atoms. The predicted molar refractivity (Wildman–Crippen MR) is 120 cm³/mol. The second-order valence-corrected chi connectivity index (χ2v) is 8.03. The highest BCUT2D eigenvalue weighted by molar-refractivity contribution is 6.30. The second kappa shape index (κ2) is 10.4. The molecule has 2 amide bonds. The smallest absolute Gasteiger partial charge is 0.387 e. The Morgan fingerprint density at radius 1 is 1.09 bits per heavy atom. The minimum atomic E-state index is -2.97. The number of pyridine rings is 1. The van der Waals surface area contributed by atoms with E-state index in [1.807, 2.05) is 44.2 Å². The molecule has 0 fully saturated rings. The van der Waals surface area contributed by atoms with Crippen molar-refractivity contribution in [3.8, 4) is 5.75 Å². The van der Waals surface area contributed by atoms with Crippen LogP contribution >= 0.6 is 11.6 Å². The van der Waals surface area contributed by atoms with Crippen LogP contribution in [0.5, 0.6) is 5.75 Å². The number of aromatic nitrogens is 1. The zero-order chi connectivity index (χ0) is 23.1. The molecule has 8 heteroatoms. The molecule has 0 saturated heterocycles. The van der Waals surface area contributed by atoms with Crippen LogP contribution in [0, 0.1) is 0 Å². The fourth-order valence-corrected chi connectivity index (χ4v) is 3.59. The van der Waals surface area contributed by atoms with Crippen LogP contribution in [-0.2, 0) is 12.0 Å². The first-order chi connectivity index (χ1) is 15.3. The van der Waals surface area contributed by atoms with Crippen molar-refractivity contribution in [2.24, 2.45) is 0 Å². The van der Waals surface area contributed by atoms with Gasteiger partial charge in [-0.2, -0.15) is 8.78 Å². The van der Waals surface area contributed by atoms with Crippen molar-refractivity contribution >= 4 is 17.6 Å². The molecule has 32 heavy (non-hydrogen) atoms.